The molecule has 2 heterocycles. The van der Waals surface area contributed by atoms with Gasteiger partial charge in [-0.3, -0.25) is 4.99 Å². The normalized spacial score (nSPS) is 19.0. The van der Waals surface area contributed by atoms with E-state index in [1.165, 1.54) is 5.56 Å². The van der Waals surface area contributed by atoms with Crippen molar-refractivity contribution in [3.8, 4) is 0 Å². The van der Waals surface area contributed by atoms with Crippen molar-refractivity contribution in [1.29, 1.82) is 0 Å². The van der Waals surface area contributed by atoms with Crippen LogP contribution in [-0.2, 0) is 0 Å². The Bertz CT molecular complexity index is 976. The number of halogens is 1. The summed E-state index contributed by atoms with van der Waals surface area (Å²) in [6.07, 6.45) is 0. The predicted molar refractivity (Wildman–Crippen MR) is 102 cm³/mol. The molecular weight excluding hydrogens is 362 g/mol. The van der Waals surface area contributed by atoms with Crippen LogP contribution >= 0.6 is 15.9 Å². The van der Waals surface area contributed by atoms with E-state index < -0.39 is 0 Å². The third kappa shape index (κ3) is 2.46. The maximum absolute atomic E-state index is 5.04. The summed E-state index contributed by atoms with van der Waals surface area (Å²) in [5, 5.41) is 9.91. The number of rotatable bonds is 1. The summed E-state index contributed by atoms with van der Waals surface area (Å²) in [7, 11) is 0. The minimum Gasteiger partial charge on any atom is -0.276 e. The summed E-state index contributed by atoms with van der Waals surface area (Å²) >= 11 is 3.60. The van der Waals surface area contributed by atoms with E-state index >= 15 is 0 Å². The Kier molecular flexibility index (Phi) is 3.53. The van der Waals surface area contributed by atoms with Gasteiger partial charge < -0.3 is 0 Å². The highest BCUT2D eigenvalue weighted by molar-refractivity contribution is 9.10. The van der Waals surface area contributed by atoms with Crippen LogP contribution in [0.3, 0.4) is 0 Å². The highest BCUT2D eigenvalue weighted by atomic mass is 79.9. The predicted octanol–water partition coefficient (Wildman–Crippen LogP) is 5.13. The molecule has 1 aliphatic heterocycles. The molecule has 3 nitrogen and oxygen atoms in total. The van der Waals surface area contributed by atoms with E-state index in [2.05, 4.69) is 77.2 Å². The zero-order valence-corrected chi connectivity index (χ0v) is 15.5. The van der Waals surface area contributed by atoms with Crippen molar-refractivity contribution in [1.82, 2.24) is 10.2 Å². The van der Waals surface area contributed by atoms with Crippen LogP contribution in [0.2, 0.25) is 0 Å². The van der Waals surface area contributed by atoms with E-state index in [1.807, 2.05) is 18.2 Å². The van der Waals surface area contributed by atoms with Gasteiger partial charge in [0.2, 0.25) is 0 Å². The topological polar surface area (TPSA) is 38.1 Å². The summed E-state index contributed by atoms with van der Waals surface area (Å²) < 4.78 is 1.09. The fraction of sp³-hybridized carbons (Fsp3) is 0.250. The van der Waals surface area contributed by atoms with E-state index in [0.29, 0.717) is 5.92 Å². The monoisotopic (exact) mass is 379 g/mol. The molecule has 0 amide bonds. The molecule has 1 aliphatic rings. The summed E-state index contributed by atoms with van der Waals surface area (Å²) in [4.78, 5) is 5.04. The van der Waals surface area contributed by atoms with Gasteiger partial charge in [-0.05, 0) is 43.7 Å². The zero-order valence-electron chi connectivity index (χ0n) is 13.9. The van der Waals surface area contributed by atoms with Gasteiger partial charge in [0.1, 0.15) is 5.69 Å². The Morgan fingerprint density at radius 2 is 1.79 bits per heavy atom. The number of hydrogen-bond acceptors (Lipinski definition) is 3. The van der Waals surface area contributed by atoms with Gasteiger partial charge in [0.05, 0.1) is 16.8 Å². The average Bonchev–Trinajstić information content (AvgIpc) is 2.58. The van der Waals surface area contributed by atoms with E-state index in [4.69, 9.17) is 4.99 Å². The van der Waals surface area contributed by atoms with Crippen molar-refractivity contribution in [2.75, 3.05) is 0 Å². The van der Waals surface area contributed by atoms with Crippen LogP contribution in [-0.4, -0.2) is 21.4 Å². The Balaban J connectivity index is 1.95. The molecule has 0 aliphatic carbocycles. The molecule has 0 fully saturated rings. The standard InChI is InChI=1S/C20H18BrN3/c1-12-16-11-14(21)8-9-15(16)19(22-20(12,2)3)18-10-13-6-4-5-7-17(13)23-24-18/h4-12H,1-3H3. The molecule has 4 rings (SSSR count). The van der Waals surface area contributed by atoms with E-state index in [1.54, 1.807) is 0 Å². The lowest BCUT2D eigenvalue weighted by atomic mass is 9.77. The average molecular weight is 380 g/mol. The van der Waals surface area contributed by atoms with Gasteiger partial charge in [-0.2, -0.15) is 0 Å². The van der Waals surface area contributed by atoms with Crippen LogP contribution in [0.5, 0.6) is 0 Å². The molecule has 4 heteroatoms. The van der Waals surface area contributed by atoms with Gasteiger partial charge in [0, 0.05) is 21.3 Å². The molecule has 0 radical (unpaired) electrons. The smallest absolute Gasteiger partial charge is 0.112 e. The second-order valence-electron chi connectivity index (χ2n) is 6.86. The lowest BCUT2D eigenvalue weighted by Crippen LogP contribution is -2.33. The van der Waals surface area contributed by atoms with Crippen molar-refractivity contribution in [2.45, 2.75) is 32.2 Å². The highest BCUT2D eigenvalue weighted by Gasteiger charge is 2.34. The zero-order chi connectivity index (χ0) is 16.9. The van der Waals surface area contributed by atoms with Gasteiger partial charge in [-0.15, -0.1) is 10.2 Å². The molecule has 0 saturated carbocycles. The van der Waals surface area contributed by atoms with Crippen molar-refractivity contribution in [2.24, 2.45) is 4.99 Å². The molecule has 0 saturated heterocycles. The Morgan fingerprint density at radius 3 is 2.62 bits per heavy atom. The van der Waals surface area contributed by atoms with Crippen LogP contribution in [0.15, 0.2) is 58.0 Å². The quantitative estimate of drug-likeness (QED) is 0.587. The molecule has 0 spiro atoms. The lowest BCUT2D eigenvalue weighted by molar-refractivity contribution is 0.432. The molecule has 1 atom stereocenters. The fourth-order valence-electron chi connectivity index (χ4n) is 3.23. The Hall–Kier alpha value is -2.07. The summed E-state index contributed by atoms with van der Waals surface area (Å²) in [5.74, 6) is 0.335. The van der Waals surface area contributed by atoms with Gasteiger partial charge in [0.15, 0.2) is 0 Å². The van der Waals surface area contributed by atoms with Crippen LogP contribution < -0.4 is 0 Å². The number of nitrogens with zero attached hydrogens (tertiary/aromatic N) is 3. The summed E-state index contributed by atoms with van der Waals surface area (Å²) in [6, 6.07) is 16.5. The van der Waals surface area contributed by atoms with Crippen LogP contribution in [0, 0.1) is 0 Å². The second kappa shape index (κ2) is 5.49. The maximum Gasteiger partial charge on any atom is 0.112 e. The van der Waals surface area contributed by atoms with Gasteiger partial charge in [-0.25, -0.2) is 0 Å². The fourth-order valence-corrected chi connectivity index (χ4v) is 3.61. The highest BCUT2D eigenvalue weighted by Crippen LogP contribution is 2.39. The molecule has 2 aromatic carbocycles. The van der Waals surface area contributed by atoms with Gasteiger partial charge in [-0.1, -0.05) is 47.1 Å². The van der Waals surface area contributed by atoms with Gasteiger partial charge >= 0.3 is 0 Å². The Morgan fingerprint density at radius 1 is 1.00 bits per heavy atom. The lowest BCUT2D eigenvalue weighted by Gasteiger charge is -2.35. The van der Waals surface area contributed by atoms with Crippen molar-refractivity contribution >= 4 is 32.5 Å². The maximum atomic E-state index is 5.04. The first kappa shape index (κ1) is 15.5. The molecule has 1 unspecified atom stereocenters. The van der Waals surface area contributed by atoms with E-state index in [9.17, 15) is 0 Å². The first-order valence-electron chi connectivity index (χ1n) is 8.08. The van der Waals surface area contributed by atoms with Crippen LogP contribution in [0.25, 0.3) is 10.9 Å². The Labute approximate surface area is 150 Å². The molecule has 0 bridgehead atoms. The molecule has 24 heavy (non-hydrogen) atoms. The van der Waals surface area contributed by atoms with Gasteiger partial charge in [0.25, 0.3) is 0 Å². The SMILES string of the molecule is CC1c2cc(Br)ccc2C(c2cc3ccccc3nn2)=NC1(C)C. The van der Waals surface area contributed by atoms with Crippen molar-refractivity contribution in [3.05, 3.63) is 69.8 Å². The molecule has 120 valence electrons. The molecule has 0 N–H and O–H groups in total. The minimum atomic E-state index is -0.184. The minimum absolute atomic E-state index is 0.184. The molecule has 3 aromatic rings. The third-order valence-corrected chi connectivity index (χ3v) is 5.43. The van der Waals surface area contributed by atoms with Crippen LogP contribution in [0.4, 0.5) is 0 Å². The number of aliphatic imine (C=N–C) groups is 1. The van der Waals surface area contributed by atoms with E-state index in [0.717, 1.165) is 32.3 Å². The van der Waals surface area contributed by atoms with E-state index in [-0.39, 0.29) is 5.54 Å². The van der Waals surface area contributed by atoms with Crippen molar-refractivity contribution < 1.29 is 0 Å². The third-order valence-electron chi connectivity index (χ3n) is 4.93. The second-order valence-corrected chi connectivity index (χ2v) is 7.77. The number of aromatic nitrogens is 2. The number of fused-ring (bicyclic) bond motifs is 2. The first-order valence-corrected chi connectivity index (χ1v) is 8.87. The first-order chi connectivity index (χ1) is 11.5. The molecule has 1 aromatic heterocycles. The molecular formula is C20H18BrN3. The summed E-state index contributed by atoms with van der Waals surface area (Å²) in [6.45, 7) is 6.59. The largest absolute Gasteiger partial charge is 0.276 e. The number of benzene rings is 2. The van der Waals surface area contributed by atoms with Crippen LogP contribution in [0.1, 0.15) is 43.5 Å². The number of hydrogen-bond donors (Lipinski definition) is 0. The van der Waals surface area contributed by atoms with Crippen molar-refractivity contribution in [3.63, 3.8) is 0 Å². The summed E-state index contributed by atoms with van der Waals surface area (Å²) in [5.41, 5.74) is 4.93.